The standard InChI is InChI=1S/C19H27ClO/c1-18-10-3-2-4-13(18)5-6-14-15(18)9-11-19(12-20)16(14)7-8-17(19)21/h5,14-16H,2-4,6-12H2,1H3/t14-,15+,16+,18+,19-/m1/s1. The first-order valence-electron chi connectivity index (χ1n) is 8.90. The average molecular weight is 307 g/mol. The van der Waals surface area contributed by atoms with Crippen molar-refractivity contribution in [3.05, 3.63) is 11.6 Å². The normalized spacial score (nSPS) is 49.1. The Bertz CT molecular complexity index is 496. The molecule has 116 valence electrons. The minimum atomic E-state index is -0.154. The second-order valence-corrected chi connectivity index (χ2v) is 8.52. The minimum Gasteiger partial charge on any atom is -0.299 e. The summed E-state index contributed by atoms with van der Waals surface area (Å²) in [4.78, 5) is 12.5. The first-order chi connectivity index (χ1) is 10.1. The van der Waals surface area contributed by atoms with Gasteiger partial charge in [-0.2, -0.15) is 0 Å². The zero-order valence-electron chi connectivity index (χ0n) is 13.2. The summed E-state index contributed by atoms with van der Waals surface area (Å²) >= 11 is 6.33. The maximum absolute atomic E-state index is 12.5. The Kier molecular flexibility index (Phi) is 3.30. The van der Waals surface area contributed by atoms with Gasteiger partial charge < -0.3 is 0 Å². The number of Topliss-reactive ketones (excluding diaryl/α,β-unsaturated/α-hetero) is 1. The number of halogens is 1. The molecule has 0 aromatic carbocycles. The number of allylic oxidation sites excluding steroid dienone is 2. The van der Waals surface area contributed by atoms with Crippen molar-refractivity contribution >= 4 is 17.4 Å². The van der Waals surface area contributed by atoms with Crippen molar-refractivity contribution < 1.29 is 4.79 Å². The molecule has 3 saturated carbocycles. The third-order valence-electron chi connectivity index (χ3n) is 7.70. The van der Waals surface area contributed by atoms with Gasteiger partial charge in [0.1, 0.15) is 5.78 Å². The van der Waals surface area contributed by atoms with Gasteiger partial charge in [-0.3, -0.25) is 4.79 Å². The zero-order chi connectivity index (χ0) is 14.7. The Labute approximate surface area is 133 Å². The summed E-state index contributed by atoms with van der Waals surface area (Å²) in [5.74, 6) is 3.13. The molecule has 1 nitrogen and oxygen atoms in total. The molecule has 0 aromatic heterocycles. The van der Waals surface area contributed by atoms with E-state index >= 15 is 0 Å². The number of fused-ring (bicyclic) bond motifs is 5. The van der Waals surface area contributed by atoms with E-state index in [1.165, 1.54) is 38.5 Å². The number of rotatable bonds is 1. The van der Waals surface area contributed by atoms with Crippen LogP contribution >= 0.6 is 11.6 Å². The van der Waals surface area contributed by atoms with Crippen LogP contribution in [0, 0.1) is 28.6 Å². The summed E-state index contributed by atoms with van der Waals surface area (Å²) in [6.07, 6.45) is 13.4. The molecule has 0 aliphatic heterocycles. The second-order valence-electron chi connectivity index (χ2n) is 8.26. The van der Waals surface area contributed by atoms with Gasteiger partial charge in [0, 0.05) is 17.7 Å². The number of ketones is 1. The molecule has 0 unspecified atom stereocenters. The highest BCUT2D eigenvalue weighted by molar-refractivity contribution is 6.20. The van der Waals surface area contributed by atoms with E-state index in [1.807, 2.05) is 0 Å². The lowest BCUT2D eigenvalue weighted by Gasteiger charge is -2.56. The molecule has 0 aromatic rings. The summed E-state index contributed by atoms with van der Waals surface area (Å²) in [6, 6.07) is 0. The van der Waals surface area contributed by atoms with Gasteiger partial charge in [0.05, 0.1) is 0 Å². The van der Waals surface area contributed by atoms with E-state index in [2.05, 4.69) is 13.0 Å². The van der Waals surface area contributed by atoms with E-state index in [9.17, 15) is 4.79 Å². The van der Waals surface area contributed by atoms with Gasteiger partial charge in [-0.05, 0) is 68.1 Å². The first kappa shape index (κ1) is 14.3. The molecule has 5 atom stereocenters. The molecule has 3 fully saturated rings. The van der Waals surface area contributed by atoms with E-state index in [1.54, 1.807) is 5.57 Å². The fourth-order valence-electron chi connectivity index (χ4n) is 6.53. The quantitative estimate of drug-likeness (QED) is 0.485. The Morgan fingerprint density at radius 3 is 2.86 bits per heavy atom. The summed E-state index contributed by atoms with van der Waals surface area (Å²) < 4.78 is 0. The van der Waals surface area contributed by atoms with Crippen LogP contribution in [0.1, 0.15) is 64.7 Å². The lowest BCUT2D eigenvalue weighted by atomic mass is 9.48. The zero-order valence-corrected chi connectivity index (χ0v) is 13.9. The monoisotopic (exact) mass is 306 g/mol. The Balaban J connectivity index is 1.71. The molecule has 4 rings (SSSR count). The lowest BCUT2D eigenvalue weighted by molar-refractivity contribution is -0.131. The second kappa shape index (κ2) is 4.85. The van der Waals surface area contributed by atoms with Crippen molar-refractivity contribution in [3.8, 4) is 0 Å². The van der Waals surface area contributed by atoms with Crippen molar-refractivity contribution in [1.29, 1.82) is 0 Å². The Morgan fingerprint density at radius 1 is 1.19 bits per heavy atom. The number of alkyl halides is 1. The van der Waals surface area contributed by atoms with Gasteiger partial charge in [0.15, 0.2) is 0 Å². The highest BCUT2D eigenvalue weighted by atomic mass is 35.5. The van der Waals surface area contributed by atoms with Gasteiger partial charge in [0.25, 0.3) is 0 Å². The predicted molar refractivity (Wildman–Crippen MR) is 86.4 cm³/mol. The van der Waals surface area contributed by atoms with E-state index in [0.29, 0.717) is 23.0 Å². The molecular weight excluding hydrogens is 280 g/mol. The van der Waals surface area contributed by atoms with Gasteiger partial charge >= 0.3 is 0 Å². The number of hydrogen-bond donors (Lipinski definition) is 0. The topological polar surface area (TPSA) is 17.1 Å². The third-order valence-corrected chi connectivity index (χ3v) is 8.18. The molecule has 0 bridgehead atoms. The molecule has 0 N–H and O–H groups in total. The number of carbonyl (C=O) groups excluding carboxylic acids is 1. The molecule has 0 saturated heterocycles. The maximum Gasteiger partial charge on any atom is 0.140 e. The van der Waals surface area contributed by atoms with Crippen LogP contribution in [0.4, 0.5) is 0 Å². The van der Waals surface area contributed by atoms with Crippen molar-refractivity contribution in [2.24, 2.45) is 28.6 Å². The number of hydrogen-bond acceptors (Lipinski definition) is 1. The van der Waals surface area contributed by atoms with Gasteiger partial charge in [-0.1, -0.05) is 25.0 Å². The Morgan fingerprint density at radius 2 is 2.05 bits per heavy atom. The van der Waals surface area contributed by atoms with E-state index in [-0.39, 0.29) is 5.41 Å². The van der Waals surface area contributed by atoms with E-state index in [4.69, 9.17) is 11.6 Å². The molecule has 0 radical (unpaired) electrons. The van der Waals surface area contributed by atoms with E-state index in [0.717, 1.165) is 31.1 Å². The molecule has 0 spiro atoms. The van der Waals surface area contributed by atoms with Crippen LogP contribution in [-0.4, -0.2) is 11.7 Å². The maximum atomic E-state index is 12.5. The van der Waals surface area contributed by atoms with Crippen LogP contribution in [-0.2, 0) is 4.79 Å². The highest BCUT2D eigenvalue weighted by Crippen LogP contribution is 2.64. The Hall–Kier alpha value is -0.300. The molecule has 0 amide bonds. The van der Waals surface area contributed by atoms with Crippen LogP contribution in [0.5, 0.6) is 0 Å². The highest BCUT2D eigenvalue weighted by Gasteiger charge is 2.59. The van der Waals surface area contributed by atoms with Crippen LogP contribution in [0.25, 0.3) is 0 Å². The summed E-state index contributed by atoms with van der Waals surface area (Å²) in [5, 5.41) is 0. The molecule has 21 heavy (non-hydrogen) atoms. The number of carbonyl (C=O) groups is 1. The van der Waals surface area contributed by atoms with Crippen molar-refractivity contribution in [2.75, 3.05) is 5.88 Å². The molecule has 0 heterocycles. The minimum absolute atomic E-state index is 0.154. The van der Waals surface area contributed by atoms with Crippen LogP contribution in [0.2, 0.25) is 0 Å². The summed E-state index contributed by atoms with van der Waals surface area (Å²) in [7, 11) is 0. The molecule has 4 aliphatic rings. The summed E-state index contributed by atoms with van der Waals surface area (Å²) in [5.41, 5.74) is 2.03. The van der Waals surface area contributed by atoms with Crippen LogP contribution < -0.4 is 0 Å². The predicted octanol–water partition coefficient (Wildman–Crippen LogP) is 5.13. The molecule has 4 aliphatic carbocycles. The smallest absolute Gasteiger partial charge is 0.140 e. The fraction of sp³-hybridized carbons (Fsp3) is 0.842. The average Bonchev–Trinajstić information content (AvgIpc) is 2.84. The van der Waals surface area contributed by atoms with Gasteiger partial charge in [-0.15, -0.1) is 11.6 Å². The van der Waals surface area contributed by atoms with Gasteiger partial charge in [0.2, 0.25) is 0 Å². The van der Waals surface area contributed by atoms with Crippen molar-refractivity contribution in [1.82, 2.24) is 0 Å². The SMILES string of the molecule is C[C@]12CCCCC1=CC[C@H]1[C@@H]3CCC(=O)[C@@]3(CCl)CC[C@@H]12. The van der Waals surface area contributed by atoms with Crippen molar-refractivity contribution in [3.63, 3.8) is 0 Å². The van der Waals surface area contributed by atoms with Gasteiger partial charge in [-0.25, -0.2) is 0 Å². The summed E-state index contributed by atoms with van der Waals surface area (Å²) in [6.45, 7) is 2.53. The van der Waals surface area contributed by atoms with E-state index < -0.39 is 0 Å². The molecule has 2 heteroatoms. The van der Waals surface area contributed by atoms with Crippen LogP contribution in [0.3, 0.4) is 0 Å². The lowest BCUT2D eigenvalue weighted by Crippen LogP contribution is -2.51. The largest absolute Gasteiger partial charge is 0.299 e. The molecular formula is C19H27ClO. The first-order valence-corrected chi connectivity index (χ1v) is 9.44. The van der Waals surface area contributed by atoms with Crippen LogP contribution in [0.15, 0.2) is 11.6 Å². The van der Waals surface area contributed by atoms with Crippen molar-refractivity contribution in [2.45, 2.75) is 64.7 Å². The third kappa shape index (κ3) is 1.79. The fourth-order valence-corrected chi connectivity index (χ4v) is 7.01.